The lowest BCUT2D eigenvalue weighted by molar-refractivity contribution is -0.150. The molecule has 7 heteroatoms. The van der Waals surface area contributed by atoms with Gasteiger partial charge < -0.3 is 14.2 Å². The van der Waals surface area contributed by atoms with Crippen molar-refractivity contribution in [1.82, 2.24) is 0 Å². The molecule has 7 nitrogen and oxygen atoms in total. The summed E-state index contributed by atoms with van der Waals surface area (Å²) in [5.41, 5.74) is 1.18. The molecule has 0 spiro atoms. The number of hydrogen-bond acceptors (Lipinski definition) is 6. The summed E-state index contributed by atoms with van der Waals surface area (Å²) in [6.45, 7) is 12.0. The van der Waals surface area contributed by atoms with Gasteiger partial charge in [0.05, 0.1) is 19.4 Å². The Balaban J connectivity index is 2.11. The van der Waals surface area contributed by atoms with Gasteiger partial charge in [-0.1, -0.05) is 46.8 Å². The molecule has 0 radical (unpaired) electrons. The van der Waals surface area contributed by atoms with Crippen LogP contribution in [0.4, 0.5) is 5.69 Å². The number of carbonyl (C=O) groups is 2. The molecule has 1 aliphatic rings. The van der Waals surface area contributed by atoms with E-state index in [-0.39, 0.29) is 36.9 Å². The number of fused-ring (bicyclic) bond motifs is 1. The highest BCUT2D eigenvalue weighted by atomic mass is 16.5. The fourth-order valence-corrected chi connectivity index (χ4v) is 4.34. The summed E-state index contributed by atoms with van der Waals surface area (Å²) in [6, 6.07) is 12.6. The first kappa shape index (κ1) is 26.1. The predicted molar refractivity (Wildman–Crippen MR) is 134 cm³/mol. The Labute approximate surface area is 207 Å². The predicted octanol–water partition coefficient (Wildman–Crippen LogP) is 5.06. The van der Waals surface area contributed by atoms with E-state index in [1.807, 2.05) is 26.0 Å². The van der Waals surface area contributed by atoms with E-state index < -0.39 is 11.5 Å². The Kier molecular flexibility index (Phi) is 7.44. The molecule has 186 valence electrons. The van der Waals surface area contributed by atoms with Gasteiger partial charge in [-0.3, -0.25) is 9.69 Å². The molecule has 2 aromatic rings. The molecule has 1 heterocycles. The van der Waals surface area contributed by atoms with Crippen molar-refractivity contribution >= 4 is 17.6 Å². The van der Waals surface area contributed by atoms with E-state index in [2.05, 4.69) is 20.8 Å². The number of rotatable bonds is 7. The maximum Gasteiger partial charge on any atom is 0.332 e. The number of ether oxygens (including phenoxy) is 3. The van der Waals surface area contributed by atoms with Crippen molar-refractivity contribution in [3.8, 4) is 17.6 Å². The van der Waals surface area contributed by atoms with E-state index in [0.717, 1.165) is 5.56 Å². The molecule has 0 saturated heterocycles. The Morgan fingerprint density at radius 3 is 2.49 bits per heavy atom. The second-order valence-electron chi connectivity index (χ2n) is 10.4. The summed E-state index contributed by atoms with van der Waals surface area (Å²) in [5, 5.41) is 8.98. The van der Waals surface area contributed by atoms with Crippen LogP contribution in [0.1, 0.15) is 63.0 Å². The summed E-state index contributed by atoms with van der Waals surface area (Å²) in [6.07, 6.45) is 0.212. The van der Waals surface area contributed by atoms with E-state index >= 15 is 0 Å². The van der Waals surface area contributed by atoms with Gasteiger partial charge in [-0.2, -0.15) is 5.26 Å². The minimum absolute atomic E-state index is 0.135. The number of hydrogen-bond donors (Lipinski definition) is 0. The monoisotopic (exact) mass is 478 g/mol. The largest absolute Gasteiger partial charge is 0.496 e. The first-order valence-corrected chi connectivity index (χ1v) is 11.8. The maximum absolute atomic E-state index is 14.0. The Morgan fingerprint density at radius 2 is 1.89 bits per heavy atom. The van der Waals surface area contributed by atoms with Crippen LogP contribution in [0.25, 0.3) is 0 Å². The molecule has 3 rings (SSSR count). The van der Waals surface area contributed by atoms with Gasteiger partial charge in [-0.05, 0) is 48.1 Å². The van der Waals surface area contributed by atoms with Gasteiger partial charge in [0.25, 0.3) is 5.91 Å². The summed E-state index contributed by atoms with van der Waals surface area (Å²) >= 11 is 0. The second kappa shape index (κ2) is 9.99. The topological polar surface area (TPSA) is 88.9 Å². The van der Waals surface area contributed by atoms with Crippen molar-refractivity contribution in [2.24, 2.45) is 5.92 Å². The first-order valence-electron chi connectivity index (χ1n) is 11.8. The van der Waals surface area contributed by atoms with Crippen LogP contribution >= 0.6 is 0 Å². The average Bonchev–Trinajstić information content (AvgIpc) is 3.13. The number of amides is 1. The van der Waals surface area contributed by atoms with Crippen LogP contribution in [-0.2, 0) is 21.4 Å². The van der Waals surface area contributed by atoms with Crippen molar-refractivity contribution < 1.29 is 23.8 Å². The molecule has 0 aromatic heterocycles. The summed E-state index contributed by atoms with van der Waals surface area (Å²) < 4.78 is 16.8. The van der Waals surface area contributed by atoms with Crippen molar-refractivity contribution in [3.05, 3.63) is 53.1 Å². The van der Waals surface area contributed by atoms with Crippen LogP contribution in [-0.4, -0.2) is 37.7 Å². The molecule has 0 N–H and O–H groups in total. The molecule has 35 heavy (non-hydrogen) atoms. The number of nitriles is 1. The van der Waals surface area contributed by atoms with Crippen LogP contribution in [0, 0.1) is 17.2 Å². The molecule has 1 aliphatic heterocycles. The lowest BCUT2D eigenvalue weighted by Crippen LogP contribution is -2.54. The van der Waals surface area contributed by atoms with E-state index in [1.165, 1.54) is 4.90 Å². The summed E-state index contributed by atoms with van der Waals surface area (Å²) in [4.78, 5) is 28.9. The van der Waals surface area contributed by atoms with Crippen LogP contribution in [0.2, 0.25) is 0 Å². The van der Waals surface area contributed by atoms with Crippen molar-refractivity contribution in [1.29, 1.82) is 5.26 Å². The second-order valence-corrected chi connectivity index (χ2v) is 10.4. The number of carbonyl (C=O) groups excluding carboxylic acids is 2. The van der Waals surface area contributed by atoms with Crippen molar-refractivity contribution in [2.75, 3.05) is 25.2 Å². The SMILES string of the molecule is COc1cc(C(=O)N2c3cccc(OCC#N)c3CC2(C)C(=O)OCC(C)C)ccc1C(C)(C)C. The zero-order valence-corrected chi connectivity index (χ0v) is 21.6. The molecule has 2 aromatic carbocycles. The summed E-state index contributed by atoms with van der Waals surface area (Å²) in [5.74, 6) is 0.407. The van der Waals surface area contributed by atoms with E-state index in [4.69, 9.17) is 19.5 Å². The smallest absolute Gasteiger partial charge is 0.332 e. The quantitative estimate of drug-likeness (QED) is 0.517. The third-order valence-electron chi connectivity index (χ3n) is 6.10. The van der Waals surface area contributed by atoms with E-state index in [1.54, 1.807) is 44.4 Å². The highest BCUT2D eigenvalue weighted by molar-refractivity contribution is 6.13. The molecule has 0 fully saturated rings. The zero-order chi connectivity index (χ0) is 26.0. The van der Waals surface area contributed by atoms with Crippen molar-refractivity contribution in [2.45, 2.75) is 58.9 Å². The van der Waals surface area contributed by atoms with Crippen LogP contribution in [0.3, 0.4) is 0 Å². The third-order valence-corrected chi connectivity index (χ3v) is 6.10. The first-order chi connectivity index (χ1) is 16.4. The fraction of sp³-hybridized carbons (Fsp3) is 0.464. The average molecular weight is 479 g/mol. The zero-order valence-electron chi connectivity index (χ0n) is 21.6. The molecule has 1 atom stereocenters. The molecule has 0 bridgehead atoms. The molecular weight excluding hydrogens is 444 g/mol. The van der Waals surface area contributed by atoms with Crippen molar-refractivity contribution in [3.63, 3.8) is 0 Å². The normalized spacial score (nSPS) is 17.1. The van der Waals surface area contributed by atoms with Gasteiger partial charge in [0.1, 0.15) is 23.1 Å². The summed E-state index contributed by atoms with van der Waals surface area (Å²) in [7, 11) is 1.58. The standard InChI is InChI=1S/C28H34N2O5/c1-18(2)17-35-26(32)28(6)16-20-22(9-8-10-23(20)34-14-13-29)30(28)25(31)19-11-12-21(27(3,4)5)24(15-19)33-7/h8-12,15,18H,14,16-17H2,1-7H3. The number of nitrogens with zero attached hydrogens (tertiary/aromatic N) is 2. The Bertz CT molecular complexity index is 1160. The Hall–Kier alpha value is -3.53. The highest BCUT2D eigenvalue weighted by Gasteiger charge is 2.51. The minimum Gasteiger partial charge on any atom is -0.496 e. The van der Waals surface area contributed by atoms with E-state index in [0.29, 0.717) is 28.3 Å². The van der Waals surface area contributed by atoms with Crippen LogP contribution in [0.5, 0.6) is 11.5 Å². The molecule has 1 unspecified atom stereocenters. The third kappa shape index (κ3) is 5.12. The van der Waals surface area contributed by atoms with Gasteiger partial charge in [0.2, 0.25) is 0 Å². The molecular formula is C28H34N2O5. The molecule has 1 amide bonds. The minimum atomic E-state index is -1.28. The van der Waals surface area contributed by atoms with Crippen LogP contribution in [0.15, 0.2) is 36.4 Å². The lowest BCUT2D eigenvalue weighted by atomic mass is 9.85. The van der Waals surface area contributed by atoms with Gasteiger partial charge >= 0.3 is 5.97 Å². The maximum atomic E-state index is 14.0. The Morgan fingerprint density at radius 1 is 1.17 bits per heavy atom. The van der Waals surface area contributed by atoms with Gasteiger partial charge in [0, 0.05) is 17.5 Å². The van der Waals surface area contributed by atoms with Crippen LogP contribution < -0.4 is 14.4 Å². The van der Waals surface area contributed by atoms with Gasteiger partial charge in [-0.15, -0.1) is 0 Å². The highest BCUT2D eigenvalue weighted by Crippen LogP contribution is 2.45. The number of methoxy groups -OCH3 is 1. The molecule has 0 aliphatic carbocycles. The number of esters is 1. The van der Waals surface area contributed by atoms with E-state index in [9.17, 15) is 9.59 Å². The van der Waals surface area contributed by atoms with Gasteiger partial charge in [0.15, 0.2) is 6.61 Å². The number of anilines is 1. The fourth-order valence-electron chi connectivity index (χ4n) is 4.34. The number of benzene rings is 2. The lowest BCUT2D eigenvalue weighted by Gasteiger charge is -2.34. The van der Waals surface area contributed by atoms with Gasteiger partial charge in [-0.25, -0.2) is 4.79 Å². The molecule has 0 saturated carbocycles.